The van der Waals surface area contributed by atoms with E-state index in [0.29, 0.717) is 35.1 Å². The van der Waals surface area contributed by atoms with Crippen LogP contribution < -0.4 is 42.3 Å². The number of phenolic OH excluding ortho intramolecular Hbond substituents is 1. The number of aliphatic carboxylic acids is 1. The number of fused-ring (bicyclic) bond motifs is 2. The first kappa shape index (κ1) is 55.6. The first-order valence-corrected chi connectivity index (χ1v) is 25.0. The van der Waals surface area contributed by atoms with Crippen molar-refractivity contribution in [2.45, 2.75) is 69.3 Å². The lowest BCUT2D eigenvalue weighted by atomic mass is 9.90. The number of aliphatic hydroxyl groups excluding tert-OH is 1. The van der Waals surface area contributed by atoms with Crippen LogP contribution in [0.25, 0.3) is 33.4 Å². The molecule has 0 radical (unpaired) electrons. The van der Waals surface area contributed by atoms with Gasteiger partial charge < -0.3 is 61.7 Å². The summed E-state index contributed by atoms with van der Waals surface area (Å²) in [5.41, 5.74) is 5.86. The number of carboxylic acids is 2. The molecule has 0 aromatic heterocycles. The molecule has 0 unspecified atom stereocenters. The molecule has 13 N–H and O–H groups in total. The number of thioether (sulfide) groups is 1. The van der Waals surface area contributed by atoms with Crippen LogP contribution in [0.15, 0.2) is 88.1 Å². The molecule has 5 rings (SSSR count). The molecular weight excluding hydrogens is 984 g/mol. The van der Waals surface area contributed by atoms with Crippen molar-refractivity contribution in [3.63, 3.8) is 0 Å². The van der Waals surface area contributed by atoms with Gasteiger partial charge in [-0.05, 0) is 111 Å². The smallest absolute Gasteiger partial charge is 0.508 e. The van der Waals surface area contributed by atoms with E-state index in [9.17, 15) is 73.1 Å². The minimum Gasteiger partial charge on any atom is -0.508 e. The number of hydrogen-bond acceptors (Lipinski definition) is 15. The highest BCUT2D eigenvalue weighted by Gasteiger charge is 2.34. The maximum atomic E-state index is 14.0. The molecule has 0 saturated carbocycles. The van der Waals surface area contributed by atoms with Gasteiger partial charge in [0.1, 0.15) is 47.0 Å². The summed E-state index contributed by atoms with van der Waals surface area (Å²) in [4.78, 5) is 123. The fourth-order valence-corrected chi connectivity index (χ4v) is 8.32. The van der Waals surface area contributed by atoms with Gasteiger partial charge >= 0.3 is 19.8 Å². The normalized spacial score (nSPS) is 13.5. The number of benzene rings is 4. The molecule has 384 valence electrons. The second kappa shape index (κ2) is 25.2. The summed E-state index contributed by atoms with van der Waals surface area (Å²) >= 11 is 1.36. The van der Waals surface area contributed by atoms with E-state index < -0.39 is 91.5 Å². The van der Waals surface area contributed by atoms with E-state index in [2.05, 4.69) is 31.1 Å². The van der Waals surface area contributed by atoms with Gasteiger partial charge in [0.2, 0.25) is 23.6 Å². The van der Waals surface area contributed by atoms with Gasteiger partial charge in [-0.15, -0.1) is 0 Å². The van der Waals surface area contributed by atoms with E-state index in [1.165, 1.54) is 84.6 Å². The lowest BCUT2D eigenvalue weighted by Crippen LogP contribution is -2.60. The average Bonchev–Trinajstić information content (AvgIpc) is 3.31. The third-order valence-corrected chi connectivity index (χ3v) is 12.1. The first-order chi connectivity index (χ1) is 34.1. The summed E-state index contributed by atoms with van der Waals surface area (Å²) in [6.45, 7) is 0.612. The third-order valence-electron chi connectivity index (χ3n) is 11.0. The molecule has 5 atom stereocenters. The zero-order valence-corrected chi connectivity index (χ0v) is 40.4. The Hall–Kier alpha value is -7.34. The molecule has 25 heteroatoms. The Balaban J connectivity index is 1.37. The van der Waals surface area contributed by atoms with Crippen LogP contribution in [-0.4, -0.2) is 127 Å². The predicted octanol–water partition coefficient (Wildman–Crippen LogP) is 1.70. The number of hydrogen-bond donors (Lipinski definition) is 12. The Bertz CT molecular complexity index is 2890. The first-order valence-electron chi connectivity index (χ1n) is 22.1. The van der Waals surface area contributed by atoms with Gasteiger partial charge in [-0.1, -0.05) is 18.2 Å². The number of phosphoric acid groups is 1. The Morgan fingerprint density at radius 2 is 1.47 bits per heavy atom. The molecule has 5 amide bonds. The van der Waals surface area contributed by atoms with Crippen molar-refractivity contribution in [1.29, 1.82) is 0 Å². The van der Waals surface area contributed by atoms with Gasteiger partial charge in [-0.2, -0.15) is 11.8 Å². The van der Waals surface area contributed by atoms with E-state index in [1.54, 1.807) is 6.26 Å². The van der Waals surface area contributed by atoms with Crippen LogP contribution in [0.4, 0.5) is 0 Å². The summed E-state index contributed by atoms with van der Waals surface area (Å²) in [7, 11) is -4.95. The van der Waals surface area contributed by atoms with Gasteiger partial charge in [0, 0.05) is 40.6 Å². The van der Waals surface area contributed by atoms with Crippen LogP contribution in [0.5, 0.6) is 11.5 Å². The highest BCUT2D eigenvalue weighted by molar-refractivity contribution is 7.98. The Kier molecular flexibility index (Phi) is 19.4. The molecule has 0 saturated heterocycles. The van der Waals surface area contributed by atoms with E-state index in [4.69, 9.17) is 10.2 Å². The second-order valence-corrected chi connectivity index (χ2v) is 18.5. The van der Waals surface area contributed by atoms with Crippen LogP contribution in [0, 0.1) is 0 Å². The maximum Gasteiger partial charge on any atom is 0.524 e. The van der Waals surface area contributed by atoms with Crippen molar-refractivity contribution in [3.05, 3.63) is 106 Å². The van der Waals surface area contributed by atoms with E-state index in [0.717, 1.165) is 13.0 Å². The molecule has 23 nitrogen and oxygen atoms in total. The number of amides is 5. The number of aliphatic hydroxyl groups is 1. The SMILES string of the molecule is CSCC[C@H](NC(=O)[C@H](CCCCN)NC(=O)[C@@H](NC(=O)[C@H](Cc1ccc(OP(=O)(O)O)cc1)NC(=O)CNC(=O)c1ccc(-c2c3ccc(=O)cc-3oc3cc(O)ccc23)c(C(=O)O)c1)[C@@H](C)O)C(=O)O. The molecule has 1 aliphatic heterocycles. The van der Waals surface area contributed by atoms with E-state index in [1.807, 2.05) is 0 Å². The number of nitrogens with two attached hydrogens (primary N) is 1. The minimum absolute atomic E-state index is 0.00626. The summed E-state index contributed by atoms with van der Waals surface area (Å²) in [5, 5.41) is 53.4. The zero-order valence-electron chi connectivity index (χ0n) is 38.7. The zero-order chi connectivity index (χ0) is 52.9. The molecule has 1 aliphatic carbocycles. The van der Waals surface area contributed by atoms with E-state index >= 15 is 0 Å². The fourth-order valence-electron chi connectivity index (χ4n) is 7.45. The van der Waals surface area contributed by atoms with Crippen molar-refractivity contribution >= 4 is 72.0 Å². The van der Waals surface area contributed by atoms with Crippen molar-refractivity contribution in [2.24, 2.45) is 5.73 Å². The van der Waals surface area contributed by atoms with Crippen LogP contribution in [0.2, 0.25) is 0 Å². The molecule has 72 heavy (non-hydrogen) atoms. The third kappa shape index (κ3) is 15.3. The highest BCUT2D eigenvalue weighted by atomic mass is 32.2. The van der Waals surface area contributed by atoms with Gasteiger partial charge in [0.25, 0.3) is 5.91 Å². The summed E-state index contributed by atoms with van der Waals surface area (Å²) in [6.07, 6.45) is 0.629. The Morgan fingerprint density at radius 3 is 2.11 bits per heavy atom. The van der Waals surface area contributed by atoms with Gasteiger partial charge in [0.05, 0.1) is 18.2 Å². The number of carbonyl (C=O) groups is 7. The van der Waals surface area contributed by atoms with Crippen LogP contribution in [0.3, 0.4) is 0 Å². The number of phosphoric ester groups is 1. The number of nitrogens with one attached hydrogen (secondary N) is 5. The number of aromatic carboxylic acids is 1. The Morgan fingerprint density at radius 1 is 0.792 bits per heavy atom. The predicted molar refractivity (Wildman–Crippen MR) is 261 cm³/mol. The van der Waals surface area contributed by atoms with Crippen molar-refractivity contribution < 1.29 is 77.3 Å². The lowest BCUT2D eigenvalue weighted by molar-refractivity contribution is -0.142. The summed E-state index contributed by atoms with van der Waals surface area (Å²) in [6, 6.07) is 10.8. The standard InChI is InChI=1S/C47H53N6O17PS/c1-24(54)41(45(61)51-34(5-3-4-17-48)43(59)52-35(47(64)65)16-18-72-2)53-44(60)36(19-25-6-11-29(12-7-25)70-71(66,67)68)50-39(57)23-49-42(58)26-8-13-30(33(20-26)46(62)63)40-31-14-9-27(55)21-37(31)69-38-22-28(56)10-15-32(38)40/h6-15,20-22,24,34-36,41,54-55H,3-5,16-19,23,48H2,1-2H3,(H,49,58)(H,50,57)(H,51,61)(H,52,59)(H,53,60)(H,62,63)(H,64,65)(H2,66,67,68)/t24-,34+,35+,36+,41+/m1/s1. The minimum atomic E-state index is -4.95. The average molecular weight is 1040 g/mol. The summed E-state index contributed by atoms with van der Waals surface area (Å²) < 4.78 is 21.8. The lowest BCUT2D eigenvalue weighted by Gasteiger charge is -2.27. The molecule has 3 aromatic rings. The molecule has 0 bridgehead atoms. The van der Waals surface area contributed by atoms with Crippen molar-refractivity contribution in [1.82, 2.24) is 26.6 Å². The molecule has 1 heterocycles. The van der Waals surface area contributed by atoms with Crippen LogP contribution in [-0.2, 0) is 35.0 Å². The van der Waals surface area contributed by atoms with Gasteiger partial charge in [0.15, 0.2) is 5.43 Å². The topological polar surface area (TPSA) is 384 Å². The monoisotopic (exact) mass is 1040 g/mol. The largest absolute Gasteiger partial charge is 0.524 e. The van der Waals surface area contributed by atoms with Crippen molar-refractivity contribution in [3.8, 4) is 33.9 Å². The number of unbranched alkanes of at least 4 members (excludes halogenated alkanes) is 1. The van der Waals surface area contributed by atoms with Gasteiger partial charge in [-0.3, -0.25) is 38.6 Å². The number of phenols is 1. The molecular formula is C47H53N6O17PS. The quantitative estimate of drug-likeness (QED) is 0.0225. The number of aromatic hydroxyl groups is 1. The fraction of sp³-hybridized carbons (Fsp3) is 0.319. The number of rotatable bonds is 25. The maximum absolute atomic E-state index is 14.0. The molecule has 2 aliphatic rings. The van der Waals surface area contributed by atoms with Crippen LogP contribution >= 0.6 is 19.6 Å². The van der Waals surface area contributed by atoms with Crippen LogP contribution in [0.1, 0.15) is 58.9 Å². The second-order valence-electron chi connectivity index (χ2n) is 16.4. The summed E-state index contributed by atoms with van der Waals surface area (Å²) in [5.74, 6) is -7.50. The van der Waals surface area contributed by atoms with Gasteiger partial charge in [-0.25, -0.2) is 14.2 Å². The number of carboxylic acid groups (broad SMARTS) is 2. The Labute approximate surface area is 414 Å². The number of carbonyl (C=O) groups excluding carboxylic acids is 5. The van der Waals surface area contributed by atoms with E-state index in [-0.39, 0.29) is 70.9 Å². The highest BCUT2D eigenvalue weighted by Crippen LogP contribution is 2.42. The molecule has 0 spiro atoms. The molecule has 0 fully saturated rings. The van der Waals surface area contributed by atoms with Crippen molar-refractivity contribution in [2.75, 3.05) is 25.1 Å². The molecule has 3 aromatic carbocycles.